The average molecular weight is 323 g/mol. The first-order valence-corrected chi connectivity index (χ1v) is 7.17. The van der Waals surface area contributed by atoms with Crippen LogP contribution in [0.4, 0.5) is 0 Å². The van der Waals surface area contributed by atoms with Crippen LogP contribution in [0.25, 0.3) is 0 Å². The second-order valence-corrected chi connectivity index (χ2v) is 6.50. The monoisotopic (exact) mass is 326 g/mol. The van der Waals surface area contributed by atoms with Crippen LogP contribution in [-0.2, 0) is 0 Å². The first-order chi connectivity index (χ1) is 4.33. The summed E-state index contributed by atoms with van der Waals surface area (Å²) in [4.78, 5) is 0.931. The zero-order valence-electron chi connectivity index (χ0n) is 5.29. The van der Waals surface area contributed by atoms with Gasteiger partial charge in [0.05, 0.1) is 0 Å². The van der Waals surface area contributed by atoms with Crippen molar-refractivity contribution in [1.29, 1.82) is 0 Å². The van der Waals surface area contributed by atoms with Gasteiger partial charge in [-0.25, -0.2) is 0 Å². The summed E-state index contributed by atoms with van der Waals surface area (Å²) in [5.74, 6) is 1.43. The molecular formula is C6H12SSeTe. The zero-order valence-corrected chi connectivity index (χ0v) is 10.5. The van der Waals surface area contributed by atoms with Crippen molar-refractivity contribution in [3.8, 4) is 0 Å². The molecule has 0 saturated carbocycles. The van der Waals surface area contributed by atoms with E-state index in [0.29, 0.717) is 0 Å². The van der Waals surface area contributed by atoms with Crippen LogP contribution in [-0.4, -0.2) is 49.3 Å². The Bertz CT molecular complexity index is 85.1. The molecule has 2 atom stereocenters. The molecule has 0 amide bonds. The molecule has 1 aliphatic rings. The van der Waals surface area contributed by atoms with Gasteiger partial charge in [-0.1, -0.05) is 0 Å². The predicted octanol–water partition coefficient (Wildman–Crippen LogP) is 0.890. The van der Waals surface area contributed by atoms with Crippen molar-refractivity contribution in [3.63, 3.8) is 0 Å². The number of rotatable bonds is 4. The van der Waals surface area contributed by atoms with E-state index in [2.05, 4.69) is 27.8 Å². The van der Waals surface area contributed by atoms with E-state index in [9.17, 15) is 0 Å². The van der Waals surface area contributed by atoms with Crippen LogP contribution in [0.3, 0.4) is 0 Å². The van der Waals surface area contributed by atoms with Crippen LogP contribution in [0.5, 0.6) is 0 Å². The van der Waals surface area contributed by atoms with E-state index in [-0.39, 0.29) is 0 Å². The van der Waals surface area contributed by atoms with E-state index in [1.54, 1.807) is 0 Å². The Kier molecular flexibility index (Phi) is 4.40. The fraction of sp³-hybridized carbons (Fsp3) is 1.00. The zero-order chi connectivity index (χ0) is 6.69. The summed E-state index contributed by atoms with van der Waals surface area (Å²) in [6.07, 6.45) is 2.87. The van der Waals surface area contributed by atoms with Crippen LogP contribution in [0.2, 0.25) is 9.29 Å². The van der Waals surface area contributed by atoms with Gasteiger partial charge in [-0.3, -0.25) is 0 Å². The van der Waals surface area contributed by atoms with Crippen molar-refractivity contribution in [2.75, 3.05) is 5.75 Å². The summed E-state index contributed by atoms with van der Waals surface area (Å²) < 4.78 is 1.39. The Morgan fingerprint density at radius 1 is 1.78 bits per heavy atom. The van der Waals surface area contributed by atoms with Crippen LogP contribution in [0.15, 0.2) is 0 Å². The van der Waals surface area contributed by atoms with E-state index in [0.717, 1.165) is 10.1 Å². The van der Waals surface area contributed by atoms with E-state index < -0.39 is 0 Å². The van der Waals surface area contributed by atoms with Crippen LogP contribution >= 0.6 is 11.8 Å². The fourth-order valence-electron chi connectivity index (χ4n) is 0.774. The first kappa shape index (κ1) is 8.75. The topological polar surface area (TPSA) is 0 Å². The molecule has 0 spiro atoms. The molecule has 54 valence electrons. The summed E-state index contributed by atoms with van der Waals surface area (Å²) in [5.41, 5.74) is 0. The molecule has 0 N–H and O–H groups in total. The summed E-state index contributed by atoms with van der Waals surface area (Å²) in [5, 5.41) is 1.04. The standard InChI is InChI=1S/C6H12SSeTe/c8-6(1-2-9)3-5-4-7-5/h5-6,8-9H,1-4H2. The van der Waals surface area contributed by atoms with Gasteiger partial charge in [0.2, 0.25) is 0 Å². The fourth-order valence-corrected chi connectivity index (χ4v) is 4.74. The minimum absolute atomic E-state index is 0.931. The second-order valence-electron chi connectivity index (χ2n) is 2.36. The Morgan fingerprint density at radius 3 is 2.89 bits per heavy atom. The van der Waals surface area contributed by atoms with Gasteiger partial charge >= 0.3 is 83.2 Å². The average Bonchev–Trinajstić information content (AvgIpc) is 2.50. The number of hydrogen-bond donors (Lipinski definition) is 0. The molecule has 1 saturated heterocycles. The van der Waals surface area contributed by atoms with Gasteiger partial charge in [0, 0.05) is 0 Å². The molecule has 3 heteroatoms. The Balaban J connectivity index is 1.95. The Hall–Kier alpha value is 1.66. The van der Waals surface area contributed by atoms with Gasteiger partial charge in [0.25, 0.3) is 0 Å². The molecule has 0 bridgehead atoms. The molecule has 0 radical (unpaired) electrons. The van der Waals surface area contributed by atoms with Gasteiger partial charge in [-0.2, -0.15) is 0 Å². The molecule has 1 heterocycles. The molecule has 0 nitrogen and oxygen atoms in total. The third-order valence-corrected chi connectivity index (χ3v) is 4.12. The maximum absolute atomic E-state index is 2.81. The molecule has 1 rings (SSSR count). The molecule has 1 aliphatic heterocycles. The van der Waals surface area contributed by atoms with Gasteiger partial charge in [0.15, 0.2) is 0 Å². The quantitative estimate of drug-likeness (QED) is 0.547. The molecule has 1 fully saturated rings. The summed E-state index contributed by atoms with van der Waals surface area (Å²) >= 11 is 6.88. The number of hydrogen-bond acceptors (Lipinski definition) is 1. The second kappa shape index (κ2) is 4.52. The minimum atomic E-state index is 0.931. The molecule has 0 aliphatic carbocycles. The summed E-state index contributed by atoms with van der Waals surface area (Å²) in [7, 11) is 0. The Morgan fingerprint density at radius 2 is 2.44 bits per heavy atom. The van der Waals surface area contributed by atoms with Gasteiger partial charge in [-0.15, -0.1) is 0 Å². The van der Waals surface area contributed by atoms with Crippen molar-refractivity contribution in [3.05, 3.63) is 0 Å². The predicted molar refractivity (Wildman–Crippen MR) is 48.3 cm³/mol. The normalized spacial score (nSPS) is 28.0. The Labute approximate surface area is 82.6 Å². The summed E-state index contributed by atoms with van der Waals surface area (Å²) in [6.45, 7) is 0. The van der Waals surface area contributed by atoms with Gasteiger partial charge in [-0.05, 0) is 0 Å². The van der Waals surface area contributed by atoms with Crippen LogP contribution in [0.1, 0.15) is 12.8 Å². The van der Waals surface area contributed by atoms with Crippen LogP contribution < -0.4 is 0 Å². The van der Waals surface area contributed by atoms with Crippen molar-refractivity contribution >= 4 is 50.1 Å². The van der Waals surface area contributed by atoms with E-state index in [4.69, 9.17) is 0 Å². The van der Waals surface area contributed by atoms with E-state index >= 15 is 0 Å². The molecule has 0 aromatic carbocycles. The number of thioether (sulfide) groups is 1. The van der Waals surface area contributed by atoms with Crippen molar-refractivity contribution in [1.82, 2.24) is 0 Å². The van der Waals surface area contributed by atoms with Crippen molar-refractivity contribution < 1.29 is 0 Å². The summed E-state index contributed by atoms with van der Waals surface area (Å²) in [6, 6.07) is 0. The molecule has 0 aromatic heterocycles. The molecule has 2 unspecified atom stereocenters. The molecule has 9 heavy (non-hydrogen) atoms. The maximum atomic E-state index is 2.81. The van der Waals surface area contributed by atoms with E-state index in [1.165, 1.54) is 23.1 Å². The molecule has 0 aromatic rings. The van der Waals surface area contributed by atoms with Crippen molar-refractivity contribution in [2.24, 2.45) is 0 Å². The SMILES string of the molecule is [SeH]C(CC[TeH])CC1CS1. The van der Waals surface area contributed by atoms with Gasteiger partial charge in [0.1, 0.15) is 0 Å². The first-order valence-electron chi connectivity index (χ1n) is 3.23. The van der Waals surface area contributed by atoms with E-state index in [1.807, 2.05) is 22.3 Å². The van der Waals surface area contributed by atoms with Crippen LogP contribution in [0, 0.1) is 0 Å². The molecular weight excluding hydrogens is 311 g/mol. The van der Waals surface area contributed by atoms with Gasteiger partial charge < -0.3 is 0 Å². The van der Waals surface area contributed by atoms with Crippen molar-refractivity contribution in [2.45, 2.75) is 27.4 Å². The third-order valence-electron chi connectivity index (χ3n) is 1.40. The third kappa shape index (κ3) is 4.17.